The first-order chi connectivity index (χ1) is 27.5. The number of hydrazine groups is 1. The molecule has 9 nitrogen and oxygen atoms in total. The number of amides is 1. The van der Waals surface area contributed by atoms with E-state index in [0.29, 0.717) is 5.92 Å². The number of halogens is 1. The number of aromatic nitrogens is 2. The third kappa shape index (κ3) is 6.87. The quantitative estimate of drug-likeness (QED) is 0.110. The molecule has 1 N–H and O–H groups in total. The summed E-state index contributed by atoms with van der Waals surface area (Å²) in [5.74, 6) is 0.0714. The maximum absolute atomic E-state index is 13.4. The number of Topliss-reactive ketones (excluding diaryl/α,β-unsaturated/α-hetero) is 1. The minimum absolute atomic E-state index is 0.0683. The summed E-state index contributed by atoms with van der Waals surface area (Å²) >= 11 is 5.50. The van der Waals surface area contributed by atoms with Gasteiger partial charge in [-0.2, -0.15) is 0 Å². The smallest absolute Gasteiger partial charge is 0.428 e. The first-order valence-corrected chi connectivity index (χ1v) is 21.2. The van der Waals surface area contributed by atoms with E-state index in [1.807, 2.05) is 80.9 Å². The number of fused-ring (bicyclic) bond motifs is 9. The lowest BCUT2D eigenvalue weighted by atomic mass is 9.70. The zero-order valence-electron chi connectivity index (χ0n) is 36.4. The van der Waals surface area contributed by atoms with E-state index in [1.165, 1.54) is 27.9 Å². The molecule has 1 aromatic heterocycles. The Morgan fingerprint density at radius 1 is 0.780 bits per heavy atom. The topological polar surface area (TPSA) is 103 Å². The average molecular weight is 819 g/mol. The molecule has 5 aromatic rings. The molecule has 10 heteroatoms. The van der Waals surface area contributed by atoms with Gasteiger partial charge in [0.05, 0.1) is 23.0 Å². The first-order valence-electron chi connectivity index (χ1n) is 20.8. The second-order valence-corrected chi connectivity index (χ2v) is 20.0. The highest BCUT2D eigenvalue weighted by Gasteiger charge is 2.67. The van der Waals surface area contributed by atoms with Crippen LogP contribution in [0.3, 0.4) is 0 Å². The molecule has 4 aliphatic rings. The number of ether oxygens (including phenoxy) is 1. The van der Waals surface area contributed by atoms with Crippen molar-refractivity contribution in [2.75, 3.05) is 12.5 Å². The highest BCUT2D eigenvalue weighted by atomic mass is 35.5. The van der Waals surface area contributed by atoms with E-state index in [2.05, 4.69) is 88.2 Å². The second kappa shape index (κ2) is 14.7. The normalized spacial score (nSPS) is 25.5. The number of carbonyl (C=O) groups excluding carboxylic acids is 3. The predicted molar refractivity (Wildman–Crippen MR) is 237 cm³/mol. The van der Waals surface area contributed by atoms with Gasteiger partial charge in [-0.25, -0.2) is 14.5 Å². The number of ketones is 1. The van der Waals surface area contributed by atoms with Gasteiger partial charge in [0.25, 0.3) is 5.56 Å². The van der Waals surface area contributed by atoms with Crippen molar-refractivity contribution in [2.24, 2.45) is 35.1 Å². The fourth-order valence-electron chi connectivity index (χ4n) is 10.8. The second-order valence-electron chi connectivity index (χ2n) is 19.6. The van der Waals surface area contributed by atoms with E-state index in [0.717, 1.165) is 47.0 Å². The molecule has 3 fully saturated rings. The Bertz CT molecular complexity index is 2540. The summed E-state index contributed by atoms with van der Waals surface area (Å²) in [6, 6.07) is 28.6. The molecular formula is C49H59ClN4O5. The Kier molecular flexibility index (Phi) is 10.5. The largest absolute Gasteiger partial charge is 0.442 e. The van der Waals surface area contributed by atoms with Crippen LogP contribution >= 0.6 is 11.6 Å². The number of nitrogens with one attached hydrogen (secondary N) is 1. The molecule has 312 valence electrons. The first kappa shape index (κ1) is 42.2. The highest BCUT2D eigenvalue weighted by Crippen LogP contribution is 2.67. The van der Waals surface area contributed by atoms with Crippen LogP contribution in [-0.2, 0) is 26.8 Å². The summed E-state index contributed by atoms with van der Waals surface area (Å²) in [5.41, 5.74) is 6.67. The van der Waals surface area contributed by atoms with E-state index in [9.17, 15) is 19.2 Å². The van der Waals surface area contributed by atoms with Crippen LogP contribution in [0.1, 0.15) is 105 Å². The van der Waals surface area contributed by atoms with Crippen LogP contribution in [-0.4, -0.2) is 44.1 Å². The molecule has 59 heavy (non-hydrogen) atoms. The number of nitrogens with zero attached hydrogens (tertiary/aromatic N) is 3. The van der Waals surface area contributed by atoms with E-state index in [-0.39, 0.29) is 38.9 Å². The Hall–Kier alpha value is -4.89. The molecule has 0 saturated heterocycles. The van der Waals surface area contributed by atoms with Gasteiger partial charge in [-0.3, -0.25) is 24.5 Å². The Labute approximate surface area is 353 Å². The standard InChI is InChI=1S/C22H24N2O.C16H20N2O2.C11H15ClO2/c1-21(2)17-11-12-22(21,3)19-18(17)20(25)24(23(19)4)16-10-9-14-7-5-6-8-15(14)13-16;1-16(2,3)20-15(19)18(4)17-14-10-9-12-7-5-6-8-13(12)11-14;1-10(2)6-4-5-11(10,3)8(13)7(6)9(12)14/h5-10,13,17H,11-12H2,1-4H3;5-11,17H,1-4H3;6-7H,4-5H2,1-3H3/t17-,22+;;6-,7?,11+/m1.1/s1. The van der Waals surface area contributed by atoms with Crippen molar-refractivity contribution >= 4 is 56.0 Å². The van der Waals surface area contributed by atoms with Crippen molar-refractivity contribution in [2.45, 2.75) is 105 Å². The van der Waals surface area contributed by atoms with Gasteiger partial charge in [0, 0.05) is 30.5 Å². The van der Waals surface area contributed by atoms with Gasteiger partial charge < -0.3 is 4.74 Å². The third-order valence-electron chi connectivity index (χ3n) is 14.9. The van der Waals surface area contributed by atoms with Crippen LogP contribution in [0.2, 0.25) is 0 Å². The predicted octanol–water partition coefficient (Wildman–Crippen LogP) is 10.9. The van der Waals surface area contributed by atoms with Crippen molar-refractivity contribution in [3.8, 4) is 5.69 Å². The van der Waals surface area contributed by atoms with Crippen LogP contribution in [0.15, 0.2) is 89.7 Å². The zero-order chi connectivity index (χ0) is 43.0. The van der Waals surface area contributed by atoms with Gasteiger partial charge in [-0.1, -0.05) is 102 Å². The summed E-state index contributed by atoms with van der Waals surface area (Å²) in [4.78, 5) is 48.5. The third-order valence-corrected chi connectivity index (χ3v) is 15.1. The number of anilines is 1. The van der Waals surface area contributed by atoms with Gasteiger partial charge in [-0.05, 0) is 127 Å². The van der Waals surface area contributed by atoms with Crippen LogP contribution < -0.4 is 11.0 Å². The summed E-state index contributed by atoms with van der Waals surface area (Å²) in [6.07, 6.45) is 3.76. The van der Waals surface area contributed by atoms with E-state index in [4.69, 9.17) is 16.3 Å². The molecule has 1 heterocycles. The summed E-state index contributed by atoms with van der Waals surface area (Å²) < 4.78 is 9.29. The molecule has 3 saturated carbocycles. The molecule has 0 aliphatic heterocycles. The molecule has 5 atom stereocenters. The van der Waals surface area contributed by atoms with Gasteiger partial charge in [0.2, 0.25) is 5.24 Å². The number of rotatable bonds is 4. The lowest BCUT2D eigenvalue weighted by molar-refractivity contribution is -0.135. The summed E-state index contributed by atoms with van der Waals surface area (Å²) in [5, 5.41) is 5.54. The minimum Gasteiger partial charge on any atom is -0.442 e. The molecule has 4 aromatic carbocycles. The summed E-state index contributed by atoms with van der Waals surface area (Å²) in [6.45, 7) is 18.7. The minimum atomic E-state index is -0.537. The average Bonchev–Trinajstić information content (AvgIpc) is 3.78. The molecule has 1 amide bonds. The molecule has 9 rings (SSSR count). The van der Waals surface area contributed by atoms with Gasteiger partial charge in [-0.15, -0.1) is 0 Å². The van der Waals surface area contributed by atoms with Gasteiger partial charge in [0.15, 0.2) is 5.78 Å². The monoisotopic (exact) mass is 818 g/mol. The SMILES string of the molecule is CC1(C)[C@@H]2CC[C@@]1(C)C(=O)C2C(=O)Cl.CN(Nc1ccc2ccccc2c1)C(=O)OC(C)(C)C.Cn1c2c(c(=O)n1-c1ccc3ccccc3c1)[C@H]1CC[C@]2(C)C1(C)C. The number of carbonyl (C=O) groups is 3. The van der Waals surface area contributed by atoms with Crippen LogP contribution in [0.25, 0.3) is 27.2 Å². The molecule has 1 unspecified atom stereocenters. The fourth-order valence-corrected chi connectivity index (χ4v) is 11.0. The van der Waals surface area contributed by atoms with Crippen molar-refractivity contribution in [3.63, 3.8) is 0 Å². The molecular weight excluding hydrogens is 760 g/mol. The van der Waals surface area contributed by atoms with E-state index in [1.54, 1.807) is 7.05 Å². The molecule has 4 aliphatic carbocycles. The van der Waals surface area contributed by atoms with E-state index < -0.39 is 22.9 Å². The molecule has 4 bridgehead atoms. The van der Waals surface area contributed by atoms with Crippen molar-refractivity contribution in [1.82, 2.24) is 14.4 Å². The van der Waals surface area contributed by atoms with Gasteiger partial charge in [0.1, 0.15) is 5.60 Å². The maximum Gasteiger partial charge on any atom is 0.428 e. The van der Waals surface area contributed by atoms with Crippen molar-refractivity contribution in [3.05, 3.63) is 107 Å². The lowest BCUT2D eigenvalue weighted by Crippen LogP contribution is -2.37. The van der Waals surface area contributed by atoms with Crippen molar-refractivity contribution < 1.29 is 19.1 Å². The Balaban J connectivity index is 0.000000140. The Morgan fingerprint density at radius 3 is 1.86 bits per heavy atom. The zero-order valence-corrected chi connectivity index (χ0v) is 37.2. The fraction of sp³-hybridized carbons (Fsp3) is 0.469. The van der Waals surface area contributed by atoms with E-state index >= 15 is 0 Å². The van der Waals surface area contributed by atoms with Crippen LogP contribution in [0.5, 0.6) is 0 Å². The number of hydrogen-bond donors (Lipinski definition) is 1. The maximum atomic E-state index is 13.4. The highest BCUT2D eigenvalue weighted by molar-refractivity contribution is 6.65. The van der Waals surface area contributed by atoms with Crippen molar-refractivity contribution in [1.29, 1.82) is 0 Å². The van der Waals surface area contributed by atoms with Crippen LogP contribution in [0, 0.1) is 28.1 Å². The van der Waals surface area contributed by atoms with Gasteiger partial charge >= 0.3 is 6.09 Å². The lowest BCUT2D eigenvalue weighted by Gasteiger charge is -2.36. The van der Waals surface area contributed by atoms with Crippen LogP contribution in [0.4, 0.5) is 10.5 Å². The number of benzene rings is 4. The Morgan fingerprint density at radius 2 is 1.34 bits per heavy atom. The number of hydrogen-bond acceptors (Lipinski definition) is 6. The molecule has 0 radical (unpaired) electrons. The summed E-state index contributed by atoms with van der Waals surface area (Å²) in [7, 11) is 3.70. The molecule has 0 spiro atoms.